The zero-order chi connectivity index (χ0) is 18.2. The molecule has 0 bridgehead atoms. The molecule has 8 heteroatoms. The van der Waals surface area contributed by atoms with Crippen LogP contribution >= 0.6 is 23.2 Å². The van der Waals surface area contributed by atoms with E-state index in [1.165, 1.54) is 12.1 Å². The zero-order valence-electron chi connectivity index (χ0n) is 13.2. The number of alkyl halides is 3. The number of hydrogen-bond acceptors (Lipinski definition) is 2. The van der Waals surface area contributed by atoms with Gasteiger partial charge in [0, 0.05) is 18.8 Å². The van der Waals surface area contributed by atoms with Crippen molar-refractivity contribution in [3.8, 4) is 0 Å². The molecule has 0 saturated heterocycles. The number of nitrogens with one attached hydrogen (secondary N) is 1. The fraction of sp³-hybridized carbons (Fsp3) is 0.235. The highest BCUT2D eigenvalue weighted by atomic mass is 35.5. The lowest BCUT2D eigenvalue weighted by molar-refractivity contribution is -0.146. The minimum Gasteiger partial charge on any atom is -0.383 e. The summed E-state index contributed by atoms with van der Waals surface area (Å²) >= 11 is 11.8. The molecule has 0 aliphatic heterocycles. The fourth-order valence-corrected chi connectivity index (χ4v) is 2.86. The summed E-state index contributed by atoms with van der Waals surface area (Å²) in [5.74, 6) is -0.966. The maximum Gasteiger partial charge on any atom is 0.449 e. The Kier molecular flexibility index (Phi) is 4.84. The van der Waals surface area contributed by atoms with Crippen molar-refractivity contribution in [3.05, 3.63) is 57.8 Å². The monoisotopic (exact) mass is 387 g/mol. The summed E-state index contributed by atoms with van der Waals surface area (Å²) in [5.41, 5.74) is 2.41. The standard InChI is InChI=1S/C17H14Cl2F3N3/c1-10-2-4-11(5-3-10)23-6-7-25-15-9-13(19)12(18)8-14(15)24-16(25)17(20,21)22/h2-5,8-9,23H,6-7H2,1H3. The van der Waals surface area contributed by atoms with Gasteiger partial charge in [-0.1, -0.05) is 40.9 Å². The Bertz CT molecular complexity index is 902. The second kappa shape index (κ2) is 6.77. The number of fused-ring (bicyclic) bond motifs is 1. The summed E-state index contributed by atoms with van der Waals surface area (Å²) in [6.45, 7) is 2.35. The van der Waals surface area contributed by atoms with Crippen LogP contribution in [0.15, 0.2) is 36.4 Å². The first-order chi connectivity index (χ1) is 11.8. The minimum atomic E-state index is -4.57. The highest BCUT2D eigenvalue weighted by molar-refractivity contribution is 6.42. The van der Waals surface area contributed by atoms with Crippen LogP contribution in [0, 0.1) is 6.92 Å². The number of halogens is 5. The Labute approximate surface area is 152 Å². The Morgan fingerprint density at radius 1 is 1.08 bits per heavy atom. The van der Waals surface area contributed by atoms with Gasteiger partial charge >= 0.3 is 6.18 Å². The first-order valence-electron chi connectivity index (χ1n) is 7.49. The molecule has 1 aromatic heterocycles. The van der Waals surface area contributed by atoms with Crippen molar-refractivity contribution in [1.82, 2.24) is 9.55 Å². The van der Waals surface area contributed by atoms with Crippen LogP contribution in [-0.4, -0.2) is 16.1 Å². The highest BCUT2D eigenvalue weighted by Gasteiger charge is 2.37. The molecule has 1 N–H and O–H groups in total. The maximum atomic E-state index is 13.3. The van der Waals surface area contributed by atoms with Crippen molar-refractivity contribution < 1.29 is 13.2 Å². The van der Waals surface area contributed by atoms with E-state index in [4.69, 9.17) is 23.2 Å². The molecule has 0 atom stereocenters. The van der Waals surface area contributed by atoms with Crippen LogP contribution in [0.4, 0.5) is 18.9 Å². The lowest BCUT2D eigenvalue weighted by Crippen LogP contribution is -2.18. The fourth-order valence-electron chi connectivity index (χ4n) is 2.55. The number of imidazole rings is 1. The van der Waals surface area contributed by atoms with Gasteiger partial charge in [-0.25, -0.2) is 4.98 Å². The molecule has 2 aromatic carbocycles. The zero-order valence-corrected chi connectivity index (χ0v) is 14.7. The molecule has 0 saturated carbocycles. The molecule has 1 heterocycles. The van der Waals surface area contributed by atoms with Gasteiger partial charge in [0.05, 0.1) is 21.1 Å². The topological polar surface area (TPSA) is 29.9 Å². The van der Waals surface area contributed by atoms with E-state index in [1.807, 2.05) is 31.2 Å². The summed E-state index contributed by atoms with van der Waals surface area (Å²) in [6.07, 6.45) is -4.57. The molecule has 0 aliphatic carbocycles. The Balaban J connectivity index is 1.90. The van der Waals surface area contributed by atoms with Crippen LogP contribution in [0.3, 0.4) is 0 Å². The van der Waals surface area contributed by atoms with Crippen molar-refractivity contribution in [1.29, 1.82) is 0 Å². The molecule has 0 spiro atoms. The number of benzene rings is 2. The average Bonchev–Trinajstić information content (AvgIpc) is 2.88. The van der Waals surface area contributed by atoms with Crippen molar-refractivity contribution >= 4 is 39.9 Å². The first kappa shape index (κ1) is 17.9. The summed E-state index contributed by atoms with van der Waals surface area (Å²) in [7, 11) is 0. The number of anilines is 1. The van der Waals surface area contributed by atoms with Crippen molar-refractivity contribution in [3.63, 3.8) is 0 Å². The molecule has 0 amide bonds. The smallest absolute Gasteiger partial charge is 0.383 e. The van der Waals surface area contributed by atoms with Gasteiger partial charge in [-0.05, 0) is 31.2 Å². The lowest BCUT2D eigenvalue weighted by atomic mass is 10.2. The Hall–Kier alpha value is -1.92. The summed E-state index contributed by atoms with van der Waals surface area (Å²) in [5, 5.41) is 3.47. The summed E-state index contributed by atoms with van der Waals surface area (Å²) in [4.78, 5) is 3.69. The van der Waals surface area contributed by atoms with Crippen molar-refractivity contribution in [2.45, 2.75) is 19.6 Å². The van der Waals surface area contributed by atoms with E-state index in [0.717, 1.165) is 15.8 Å². The van der Waals surface area contributed by atoms with Gasteiger partial charge in [-0.3, -0.25) is 0 Å². The minimum absolute atomic E-state index is 0.0805. The maximum absolute atomic E-state index is 13.3. The molecule has 3 rings (SSSR count). The van der Waals surface area contributed by atoms with Crippen LogP contribution in [0.1, 0.15) is 11.4 Å². The van der Waals surface area contributed by atoms with E-state index >= 15 is 0 Å². The van der Waals surface area contributed by atoms with Gasteiger partial charge in [0.1, 0.15) is 0 Å². The SMILES string of the molecule is Cc1ccc(NCCn2c(C(F)(F)F)nc3cc(Cl)c(Cl)cc32)cc1. The second-order valence-electron chi connectivity index (χ2n) is 5.63. The molecule has 132 valence electrons. The van der Waals surface area contributed by atoms with Gasteiger partial charge in [0.2, 0.25) is 5.82 Å². The van der Waals surface area contributed by atoms with Gasteiger partial charge in [-0.2, -0.15) is 13.2 Å². The molecule has 0 unspecified atom stereocenters. The average molecular weight is 388 g/mol. The number of rotatable bonds is 4. The van der Waals surface area contributed by atoms with Crippen LogP contribution in [-0.2, 0) is 12.7 Å². The van der Waals surface area contributed by atoms with E-state index in [2.05, 4.69) is 10.3 Å². The van der Waals surface area contributed by atoms with E-state index in [0.29, 0.717) is 12.1 Å². The van der Waals surface area contributed by atoms with E-state index in [1.54, 1.807) is 0 Å². The third-order valence-electron chi connectivity index (χ3n) is 3.76. The quantitative estimate of drug-likeness (QED) is 0.614. The third-order valence-corrected chi connectivity index (χ3v) is 4.48. The van der Waals surface area contributed by atoms with E-state index < -0.39 is 12.0 Å². The van der Waals surface area contributed by atoms with Crippen molar-refractivity contribution in [2.75, 3.05) is 11.9 Å². The normalized spacial score (nSPS) is 11.9. The first-order valence-corrected chi connectivity index (χ1v) is 8.24. The van der Waals surface area contributed by atoms with Gasteiger partial charge < -0.3 is 9.88 Å². The Morgan fingerprint density at radius 2 is 1.72 bits per heavy atom. The van der Waals surface area contributed by atoms with E-state index in [9.17, 15) is 13.2 Å². The molecular formula is C17H14Cl2F3N3. The number of nitrogens with zero attached hydrogens (tertiary/aromatic N) is 2. The molecule has 0 radical (unpaired) electrons. The number of hydrogen-bond donors (Lipinski definition) is 1. The lowest BCUT2D eigenvalue weighted by Gasteiger charge is -2.13. The Morgan fingerprint density at radius 3 is 2.36 bits per heavy atom. The van der Waals surface area contributed by atoms with Crippen LogP contribution in [0.25, 0.3) is 11.0 Å². The molecule has 25 heavy (non-hydrogen) atoms. The van der Waals surface area contributed by atoms with Crippen molar-refractivity contribution in [2.24, 2.45) is 0 Å². The summed E-state index contributed by atoms with van der Waals surface area (Å²) in [6, 6.07) is 10.4. The molecule has 3 aromatic rings. The van der Waals surface area contributed by atoms with Gasteiger partial charge in [0.15, 0.2) is 0 Å². The van der Waals surface area contributed by atoms with Gasteiger partial charge in [-0.15, -0.1) is 0 Å². The highest BCUT2D eigenvalue weighted by Crippen LogP contribution is 2.34. The van der Waals surface area contributed by atoms with Crippen LogP contribution in [0.5, 0.6) is 0 Å². The predicted molar refractivity (Wildman–Crippen MR) is 94.4 cm³/mol. The van der Waals surface area contributed by atoms with E-state index in [-0.39, 0.29) is 22.1 Å². The van der Waals surface area contributed by atoms with Gasteiger partial charge in [0.25, 0.3) is 0 Å². The number of aryl methyl sites for hydroxylation is 1. The van der Waals surface area contributed by atoms with Crippen LogP contribution < -0.4 is 5.32 Å². The molecule has 0 aliphatic rings. The predicted octanol–water partition coefficient (Wildman–Crippen LogP) is 5.78. The molecule has 3 nitrogen and oxygen atoms in total. The van der Waals surface area contributed by atoms with Crippen LogP contribution in [0.2, 0.25) is 10.0 Å². The largest absolute Gasteiger partial charge is 0.449 e. The number of aromatic nitrogens is 2. The summed E-state index contributed by atoms with van der Waals surface area (Å²) < 4.78 is 41.0. The third kappa shape index (κ3) is 3.85. The second-order valence-corrected chi connectivity index (χ2v) is 6.45. The molecular weight excluding hydrogens is 374 g/mol. The molecule has 0 fully saturated rings.